The molecule has 1 amide bonds. The molecule has 1 aromatic carbocycles. The Balaban J connectivity index is 1.91. The van der Waals surface area contributed by atoms with Crippen LogP contribution < -0.4 is 5.32 Å². The number of nitrogens with zero attached hydrogens (tertiary/aromatic N) is 3. The van der Waals surface area contributed by atoms with E-state index in [4.69, 9.17) is 4.74 Å². The number of rotatable bonds is 6. The summed E-state index contributed by atoms with van der Waals surface area (Å²) in [6, 6.07) is 7.83. The zero-order chi connectivity index (χ0) is 19.8. The molecule has 1 saturated heterocycles. The second kappa shape index (κ2) is 10.3. The summed E-state index contributed by atoms with van der Waals surface area (Å²) in [5.74, 6) is 0.964. The maximum absolute atomic E-state index is 12.7. The van der Waals surface area contributed by atoms with Crippen LogP contribution in [0.15, 0.2) is 29.3 Å². The average molecular weight is 375 g/mol. The molecule has 0 aromatic heterocycles. The van der Waals surface area contributed by atoms with E-state index in [1.807, 2.05) is 43.0 Å². The number of benzene rings is 1. The monoisotopic (exact) mass is 374 g/mol. The van der Waals surface area contributed by atoms with E-state index in [9.17, 15) is 4.79 Å². The number of amides is 1. The third kappa shape index (κ3) is 6.24. The SMILES string of the molecule is CCCCN(C)C(=NC)NCc1ccc(C(=O)N2CC(C)OC(C)C2)cc1. The van der Waals surface area contributed by atoms with Crippen LogP contribution in [0.4, 0.5) is 0 Å². The normalized spacial score (nSPS) is 20.5. The molecule has 2 rings (SSSR count). The van der Waals surface area contributed by atoms with Gasteiger partial charge >= 0.3 is 0 Å². The number of unbranched alkanes of at least 4 members (excludes halogenated alkanes) is 1. The number of nitrogens with one attached hydrogen (secondary N) is 1. The summed E-state index contributed by atoms with van der Waals surface area (Å²) in [7, 11) is 3.86. The summed E-state index contributed by atoms with van der Waals surface area (Å²) < 4.78 is 5.71. The van der Waals surface area contributed by atoms with Gasteiger partial charge in [-0.25, -0.2) is 0 Å². The molecule has 0 bridgehead atoms. The highest BCUT2D eigenvalue weighted by atomic mass is 16.5. The van der Waals surface area contributed by atoms with Crippen molar-refractivity contribution in [2.24, 2.45) is 4.99 Å². The van der Waals surface area contributed by atoms with E-state index in [2.05, 4.69) is 29.2 Å². The summed E-state index contributed by atoms with van der Waals surface area (Å²) in [6.45, 7) is 9.17. The summed E-state index contributed by atoms with van der Waals surface area (Å²) in [5, 5.41) is 3.38. The maximum atomic E-state index is 12.7. The molecular weight excluding hydrogens is 340 g/mol. The van der Waals surface area contributed by atoms with Crippen molar-refractivity contribution in [3.05, 3.63) is 35.4 Å². The first kappa shape index (κ1) is 21.2. The molecular formula is C21H34N4O2. The van der Waals surface area contributed by atoms with Crippen LogP contribution in [0.2, 0.25) is 0 Å². The average Bonchev–Trinajstić information content (AvgIpc) is 2.66. The molecule has 0 radical (unpaired) electrons. The van der Waals surface area contributed by atoms with E-state index < -0.39 is 0 Å². The summed E-state index contributed by atoms with van der Waals surface area (Å²) >= 11 is 0. The zero-order valence-corrected chi connectivity index (χ0v) is 17.4. The van der Waals surface area contributed by atoms with Crippen molar-refractivity contribution in [3.8, 4) is 0 Å². The van der Waals surface area contributed by atoms with Gasteiger partial charge in [0.05, 0.1) is 12.2 Å². The van der Waals surface area contributed by atoms with Crippen LogP contribution in [0.1, 0.15) is 49.5 Å². The molecule has 27 heavy (non-hydrogen) atoms. The van der Waals surface area contributed by atoms with Crippen LogP contribution in [-0.4, -0.2) is 67.6 Å². The third-order valence-electron chi connectivity index (χ3n) is 4.78. The Hall–Kier alpha value is -2.08. The number of hydrogen-bond acceptors (Lipinski definition) is 3. The standard InChI is InChI=1S/C21H34N4O2/c1-6-7-12-24(5)21(22-4)23-13-18-8-10-19(11-9-18)20(26)25-14-16(2)27-17(3)15-25/h8-11,16-17H,6-7,12-15H2,1-5H3,(H,22,23). The van der Waals surface area contributed by atoms with Gasteiger partial charge < -0.3 is 19.9 Å². The van der Waals surface area contributed by atoms with Crippen LogP contribution in [0.25, 0.3) is 0 Å². The predicted octanol–water partition coefficient (Wildman–Crippen LogP) is 2.74. The fraction of sp³-hybridized carbons (Fsp3) is 0.619. The smallest absolute Gasteiger partial charge is 0.254 e. The molecule has 1 heterocycles. The summed E-state index contributed by atoms with van der Waals surface area (Å²) in [4.78, 5) is 21.1. The molecule has 0 aliphatic carbocycles. The molecule has 1 aliphatic heterocycles. The number of ether oxygens (including phenoxy) is 1. The quantitative estimate of drug-likeness (QED) is 0.614. The second-order valence-electron chi connectivity index (χ2n) is 7.34. The fourth-order valence-electron chi connectivity index (χ4n) is 3.36. The van der Waals surface area contributed by atoms with Crippen molar-refractivity contribution in [2.75, 3.05) is 33.7 Å². The lowest BCUT2D eigenvalue weighted by Crippen LogP contribution is -2.48. The molecule has 1 fully saturated rings. The minimum Gasteiger partial charge on any atom is -0.372 e. The Morgan fingerprint density at radius 2 is 1.89 bits per heavy atom. The molecule has 0 spiro atoms. The Labute approximate surface area is 163 Å². The lowest BCUT2D eigenvalue weighted by atomic mass is 10.1. The Bertz CT molecular complexity index is 620. The van der Waals surface area contributed by atoms with Crippen molar-refractivity contribution in [3.63, 3.8) is 0 Å². The van der Waals surface area contributed by atoms with Crippen LogP contribution in [-0.2, 0) is 11.3 Å². The van der Waals surface area contributed by atoms with E-state index in [1.165, 1.54) is 0 Å². The third-order valence-corrected chi connectivity index (χ3v) is 4.78. The van der Waals surface area contributed by atoms with Gasteiger partial charge in [0.25, 0.3) is 5.91 Å². The van der Waals surface area contributed by atoms with E-state index >= 15 is 0 Å². The molecule has 2 unspecified atom stereocenters. The van der Waals surface area contributed by atoms with Crippen molar-refractivity contribution >= 4 is 11.9 Å². The lowest BCUT2D eigenvalue weighted by molar-refractivity contribution is -0.0586. The second-order valence-corrected chi connectivity index (χ2v) is 7.34. The lowest BCUT2D eigenvalue weighted by Gasteiger charge is -2.35. The van der Waals surface area contributed by atoms with Gasteiger partial charge in [0.2, 0.25) is 0 Å². The molecule has 1 aliphatic rings. The van der Waals surface area contributed by atoms with Crippen molar-refractivity contribution in [2.45, 2.75) is 52.4 Å². The van der Waals surface area contributed by atoms with Gasteiger partial charge in [-0.3, -0.25) is 9.79 Å². The van der Waals surface area contributed by atoms with Gasteiger partial charge in [0, 0.05) is 45.8 Å². The predicted molar refractivity (Wildman–Crippen MR) is 110 cm³/mol. The van der Waals surface area contributed by atoms with Gasteiger partial charge in [-0.15, -0.1) is 0 Å². The van der Waals surface area contributed by atoms with Crippen molar-refractivity contribution < 1.29 is 9.53 Å². The molecule has 1 N–H and O–H groups in total. The van der Waals surface area contributed by atoms with Gasteiger partial charge in [-0.1, -0.05) is 25.5 Å². The van der Waals surface area contributed by atoms with Crippen LogP contribution in [0.5, 0.6) is 0 Å². The van der Waals surface area contributed by atoms with E-state index in [-0.39, 0.29) is 18.1 Å². The molecule has 2 atom stereocenters. The van der Waals surface area contributed by atoms with E-state index in [0.717, 1.165) is 36.5 Å². The fourth-order valence-corrected chi connectivity index (χ4v) is 3.36. The molecule has 150 valence electrons. The van der Waals surface area contributed by atoms with Crippen molar-refractivity contribution in [1.29, 1.82) is 0 Å². The number of morpholine rings is 1. The summed E-state index contributed by atoms with van der Waals surface area (Å²) in [5.41, 5.74) is 1.85. The molecule has 6 heteroatoms. The Morgan fingerprint density at radius 3 is 2.44 bits per heavy atom. The first-order valence-electron chi connectivity index (χ1n) is 9.90. The largest absolute Gasteiger partial charge is 0.372 e. The van der Waals surface area contributed by atoms with Crippen LogP contribution in [0.3, 0.4) is 0 Å². The highest BCUT2D eigenvalue weighted by Gasteiger charge is 2.26. The Morgan fingerprint density at radius 1 is 1.26 bits per heavy atom. The highest BCUT2D eigenvalue weighted by Crippen LogP contribution is 2.15. The number of hydrogen-bond donors (Lipinski definition) is 1. The van der Waals surface area contributed by atoms with E-state index in [0.29, 0.717) is 19.6 Å². The maximum Gasteiger partial charge on any atom is 0.254 e. The van der Waals surface area contributed by atoms with Gasteiger partial charge in [-0.05, 0) is 38.0 Å². The number of carbonyl (C=O) groups is 1. The first-order chi connectivity index (χ1) is 12.9. The number of carbonyl (C=O) groups excluding carboxylic acids is 1. The Kier molecular flexibility index (Phi) is 8.10. The zero-order valence-electron chi connectivity index (χ0n) is 17.4. The molecule has 0 saturated carbocycles. The van der Waals surface area contributed by atoms with Crippen molar-refractivity contribution in [1.82, 2.24) is 15.1 Å². The summed E-state index contributed by atoms with van der Waals surface area (Å²) in [6.07, 6.45) is 2.47. The van der Waals surface area contributed by atoms with Crippen LogP contribution >= 0.6 is 0 Å². The molecule has 6 nitrogen and oxygen atoms in total. The van der Waals surface area contributed by atoms with Crippen LogP contribution in [0, 0.1) is 0 Å². The number of guanidine groups is 1. The minimum atomic E-state index is 0.0756. The highest BCUT2D eigenvalue weighted by molar-refractivity contribution is 5.94. The number of aliphatic imine (C=N–C) groups is 1. The van der Waals surface area contributed by atoms with Gasteiger partial charge in [0.15, 0.2) is 5.96 Å². The molecule has 1 aromatic rings. The van der Waals surface area contributed by atoms with Gasteiger partial charge in [-0.2, -0.15) is 0 Å². The van der Waals surface area contributed by atoms with Gasteiger partial charge in [0.1, 0.15) is 0 Å². The topological polar surface area (TPSA) is 57.2 Å². The minimum absolute atomic E-state index is 0.0756. The first-order valence-corrected chi connectivity index (χ1v) is 9.90. The van der Waals surface area contributed by atoms with E-state index in [1.54, 1.807) is 7.05 Å².